The number of hydrogen-bond acceptors (Lipinski definition) is 8. The largest absolute Gasteiger partial charge is 0.496 e. The summed E-state index contributed by atoms with van der Waals surface area (Å²) in [6.07, 6.45) is 0. The maximum Gasteiger partial charge on any atom is 0.338 e. The van der Waals surface area contributed by atoms with Gasteiger partial charge in [0, 0.05) is 5.56 Å². The zero-order chi connectivity index (χ0) is 22.8. The van der Waals surface area contributed by atoms with Crippen molar-refractivity contribution >= 4 is 28.6 Å². The van der Waals surface area contributed by atoms with E-state index < -0.39 is 12.0 Å². The molecule has 0 bridgehead atoms. The van der Waals surface area contributed by atoms with Gasteiger partial charge in [-0.3, -0.25) is 4.90 Å². The molecule has 7 nitrogen and oxygen atoms in total. The van der Waals surface area contributed by atoms with Crippen LogP contribution in [0, 0.1) is 18.3 Å². The molecule has 2 aliphatic heterocycles. The number of aryl methyl sites for hydroxylation is 1. The smallest absolute Gasteiger partial charge is 0.338 e. The Hall–Kier alpha value is -3.70. The van der Waals surface area contributed by atoms with Crippen molar-refractivity contribution in [3.8, 4) is 11.8 Å². The summed E-state index contributed by atoms with van der Waals surface area (Å²) in [4.78, 5) is 20.1. The van der Waals surface area contributed by atoms with Crippen LogP contribution < -0.4 is 10.5 Å². The van der Waals surface area contributed by atoms with Gasteiger partial charge in [-0.25, -0.2) is 9.79 Å². The topological polar surface area (TPSA) is 101 Å². The molecule has 2 aromatic carbocycles. The molecule has 0 aliphatic carbocycles. The first-order chi connectivity index (χ1) is 15.5. The highest BCUT2D eigenvalue weighted by atomic mass is 32.2. The molecule has 0 radical (unpaired) electrons. The van der Waals surface area contributed by atoms with Crippen LogP contribution in [-0.2, 0) is 9.53 Å². The van der Waals surface area contributed by atoms with E-state index in [0.717, 1.165) is 16.7 Å². The maximum absolute atomic E-state index is 13.3. The second kappa shape index (κ2) is 8.81. The SMILES string of the molecule is CCOC(=O)C1=C(c2ccccc2)N=C2SC(C#N)=C(N)N2[C@H]1c1ccc(C)c(OC)c1. The number of aliphatic imine (C=N–C) groups is 1. The van der Waals surface area contributed by atoms with E-state index in [2.05, 4.69) is 6.07 Å². The Morgan fingerprint density at radius 3 is 2.69 bits per heavy atom. The van der Waals surface area contributed by atoms with Gasteiger partial charge < -0.3 is 15.2 Å². The van der Waals surface area contributed by atoms with Crippen molar-refractivity contribution in [2.24, 2.45) is 10.7 Å². The number of nitriles is 1. The van der Waals surface area contributed by atoms with Gasteiger partial charge >= 0.3 is 5.97 Å². The molecule has 0 aromatic heterocycles. The number of benzene rings is 2. The predicted molar refractivity (Wildman–Crippen MR) is 124 cm³/mol. The molecule has 2 aromatic rings. The number of thioether (sulfide) groups is 1. The first-order valence-electron chi connectivity index (χ1n) is 10.1. The van der Waals surface area contributed by atoms with Crippen LogP contribution in [0.2, 0.25) is 0 Å². The molecule has 4 rings (SSSR count). The van der Waals surface area contributed by atoms with Crippen molar-refractivity contribution in [3.63, 3.8) is 0 Å². The van der Waals surface area contributed by atoms with Crippen LogP contribution in [-0.4, -0.2) is 29.8 Å². The molecule has 0 saturated heterocycles. The number of ether oxygens (including phenoxy) is 2. The second-order valence-corrected chi connectivity index (χ2v) is 8.15. The standard InChI is InChI=1S/C24H22N4O3S/c1-4-31-23(29)19-20(15-8-6-5-7-9-15)27-24-28(22(26)18(13-25)32-24)21(19)16-11-10-14(2)17(12-16)30-3/h5-12,21H,4,26H2,1-3H3/t21-/m0/s1. The monoisotopic (exact) mass is 446 g/mol. The second-order valence-electron chi connectivity index (χ2n) is 7.17. The minimum Gasteiger partial charge on any atom is -0.496 e. The van der Waals surface area contributed by atoms with E-state index in [4.69, 9.17) is 20.2 Å². The fraction of sp³-hybridized carbons (Fsp3) is 0.208. The Morgan fingerprint density at radius 1 is 1.28 bits per heavy atom. The first kappa shape index (κ1) is 21.5. The molecule has 0 amide bonds. The molecular formula is C24H22N4O3S. The lowest BCUT2D eigenvalue weighted by Gasteiger charge is -2.35. The van der Waals surface area contributed by atoms with E-state index in [9.17, 15) is 10.1 Å². The van der Waals surface area contributed by atoms with Crippen LogP contribution in [0.1, 0.15) is 29.7 Å². The van der Waals surface area contributed by atoms with Crippen LogP contribution in [0.5, 0.6) is 5.75 Å². The van der Waals surface area contributed by atoms with Crippen molar-refractivity contribution in [2.75, 3.05) is 13.7 Å². The molecule has 2 aliphatic rings. The maximum atomic E-state index is 13.3. The Bertz CT molecular complexity index is 1210. The molecular weight excluding hydrogens is 424 g/mol. The van der Waals surface area contributed by atoms with Crippen LogP contribution >= 0.6 is 11.8 Å². The normalized spacial score (nSPS) is 17.6. The van der Waals surface area contributed by atoms with E-state index in [1.165, 1.54) is 11.8 Å². The van der Waals surface area contributed by atoms with Gasteiger partial charge in [0.2, 0.25) is 0 Å². The summed E-state index contributed by atoms with van der Waals surface area (Å²) in [5, 5.41) is 10.1. The minimum absolute atomic E-state index is 0.217. The minimum atomic E-state index is -0.635. The van der Waals surface area contributed by atoms with Crippen LogP contribution in [0.4, 0.5) is 0 Å². The molecule has 0 unspecified atom stereocenters. The van der Waals surface area contributed by atoms with E-state index >= 15 is 0 Å². The van der Waals surface area contributed by atoms with Gasteiger partial charge in [-0.1, -0.05) is 42.5 Å². The van der Waals surface area contributed by atoms with Crippen LogP contribution in [0.25, 0.3) is 5.70 Å². The average molecular weight is 447 g/mol. The average Bonchev–Trinajstić information content (AvgIpc) is 3.14. The summed E-state index contributed by atoms with van der Waals surface area (Å²) >= 11 is 1.19. The number of rotatable bonds is 5. The highest BCUT2D eigenvalue weighted by molar-refractivity contribution is 8.17. The molecule has 8 heteroatoms. The molecule has 0 saturated carbocycles. The zero-order valence-corrected chi connectivity index (χ0v) is 18.8. The van der Waals surface area contributed by atoms with Crippen LogP contribution in [0.3, 0.4) is 0 Å². The van der Waals surface area contributed by atoms with Gasteiger partial charge in [-0.15, -0.1) is 0 Å². The van der Waals surface area contributed by atoms with Gasteiger partial charge in [0.25, 0.3) is 0 Å². The van der Waals surface area contributed by atoms with Crippen molar-refractivity contribution in [3.05, 3.63) is 81.5 Å². The fourth-order valence-corrected chi connectivity index (χ4v) is 4.65. The number of carbonyl (C=O) groups excluding carboxylic acids is 1. The van der Waals surface area contributed by atoms with E-state index in [-0.39, 0.29) is 12.4 Å². The molecule has 2 heterocycles. The summed E-state index contributed by atoms with van der Waals surface area (Å²) in [5.41, 5.74) is 9.74. The highest BCUT2D eigenvalue weighted by Crippen LogP contribution is 2.48. The Labute approximate surface area is 190 Å². The van der Waals surface area contributed by atoms with Gasteiger partial charge in [-0.2, -0.15) is 5.26 Å². The molecule has 0 fully saturated rings. The Kier molecular flexibility index (Phi) is 5.93. The summed E-state index contributed by atoms with van der Waals surface area (Å²) in [5.74, 6) is 0.461. The number of nitrogens with zero attached hydrogens (tertiary/aromatic N) is 3. The number of methoxy groups -OCH3 is 1. The van der Waals surface area contributed by atoms with Crippen molar-refractivity contribution in [1.82, 2.24) is 4.90 Å². The lowest BCUT2D eigenvalue weighted by molar-refractivity contribution is -0.139. The Morgan fingerprint density at radius 2 is 2.03 bits per heavy atom. The quantitative estimate of drug-likeness (QED) is 0.690. The van der Waals surface area contributed by atoms with Gasteiger partial charge in [-0.05, 0) is 42.8 Å². The van der Waals surface area contributed by atoms with Crippen molar-refractivity contribution in [2.45, 2.75) is 19.9 Å². The summed E-state index contributed by atoms with van der Waals surface area (Å²) < 4.78 is 11.0. The number of fused-ring (bicyclic) bond motifs is 1. The fourth-order valence-electron chi connectivity index (χ4n) is 3.78. The van der Waals surface area contributed by atoms with E-state index in [1.54, 1.807) is 18.9 Å². The molecule has 162 valence electrons. The number of carbonyl (C=O) groups is 1. The molecule has 0 spiro atoms. The number of allylic oxidation sites excluding steroid dienone is 1. The van der Waals surface area contributed by atoms with Crippen molar-refractivity contribution < 1.29 is 14.3 Å². The summed E-state index contributed by atoms with van der Waals surface area (Å²) in [7, 11) is 1.60. The number of nitrogens with two attached hydrogens (primary N) is 1. The third-order valence-corrected chi connectivity index (χ3v) is 6.25. The third kappa shape index (κ3) is 3.61. The molecule has 32 heavy (non-hydrogen) atoms. The van der Waals surface area contributed by atoms with Crippen molar-refractivity contribution in [1.29, 1.82) is 5.26 Å². The first-order valence-corrected chi connectivity index (χ1v) is 10.9. The van der Waals surface area contributed by atoms with Gasteiger partial charge in [0.1, 0.15) is 22.5 Å². The van der Waals surface area contributed by atoms with Crippen LogP contribution in [0.15, 0.2) is 69.8 Å². The lowest BCUT2D eigenvalue weighted by Crippen LogP contribution is -2.38. The lowest BCUT2D eigenvalue weighted by atomic mass is 9.91. The predicted octanol–water partition coefficient (Wildman–Crippen LogP) is 4.09. The van der Waals surface area contributed by atoms with E-state index in [1.807, 2.05) is 55.5 Å². The summed E-state index contributed by atoms with van der Waals surface area (Å²) in [6, 6.07) is 16.7. The molecule has 2 N–H and O–H groups in total. The zero-order valence-electron chi connectivity index (χ0n) is 18.0. The Balaban J connectivity index is 2.01. The van der Waals surface area contributed by atoms with E-state index in [0.29, 0.717) is 27.1 Å². The number of esters is 1. The molecule has 1 atom stereocenters. The summed E-state index contributed by atoms with van der Waals surface area (Å²) in [6.45, 7) is 3.92. The highest BCUT2D eigenvalue weighted by Gasteiger charge is 2.43. The number of amidine groups is 1. The number of hydrogen-bond donors (Lipinski definition) is 1. The third-order valence-electron chi connectivity index (χ3n) is 5.28. The van der Waals surface area contributed by atoms with Gasteiger partial charge in [0.15, 0.2) is 5.17 Å². The van der Waals surface area contributed by atoms with Gasteiger partial charge in [0.05, 0.1) is 31.0 Å².